The van der Waals surface area contributed by atoms with E-state index in [0.29, 0.717) is 18.8 Å². The Kier molecular flexibility index (Phi) is 4.43. The van der Waals surface area contributed by atoms with Gasteiger partial charge in [-0.3, -0.25) is 14.9 Å². The van der Waals surface area contributed by atoms with Crippen LogP contribution in [0.3, 0.4) is 0 Å². The highest BCUT2D eigenvalue weighted by Crippen LogP contribution is 2.28. The number of amides is 2. The lowest BCUT2D eigenvalue weighted by Crippen LogP contribution is -2.39. The highest BCUT2D eigenvalue weighted by molar-refractivity contribution is 6.00. The SMILES string of the molecule is O=C1CCC(c2ccc(N3CCC(CO)CC3)cc2)C(=O)N1. The van der Waals surface area contributed by atoms with Gasteiger partial charge in [0.2, 0.25) is 11.8 Å². The third kappa shape index (κ3) is 3.14. The van der Waals surface area contributed by atoms with E-state index in [2.05, 4.69) is 22.3 Å². The van der Waals surface area contributed by atoms with Gasteiger partial charge in [-0.1, -0.05) is 12.1 Å². The lowest BCUT2D eigenvalue weighted by Gasteiger charge is -2.33. The predicted molar refractivity (Wildman–Crippen MR) is 83.6 cm³/mol. The number of hydrogen-bond donors (Lipinski definition) is 2. The van der Waals surface area contributed by atoms with Gasteiger partial charge >= 0.3 is 0 Å². The fraction of sp³-hybridized carbons (Fsp3) is 0.529. The van der Waals surface area contributed by atoms with E-state index in [1.165, 1.54) is 0 Å². The van der Waals surface area contributed by atoms with Crippen molar-refractivity contribution in [3.8, 4) is 0 Å². The molecule has 1 aromatic carbocycles. The summed E-state index contributed by atoms with van der Waals surface area (Å²) in [4.78, 5) is 25.4. The van der Waals surface area contributed by atoms with Gasteiger partial charge in [-0.25, -0.2) is 0 Å². The molecule has 2 saturated heterocycles. The molecule has 1 atom stereocenters. The molecule has 22 heavy (non-hydrogen) atoms. The number of carbonyl (C=O) groups is 2. The van der Waals surface area contributed by atoms with Crippen LogP contribution in [0.5, 0.6) is 0 Å². The van der Waals surface area contributed by atoms with E-state index in [0.717, 1.165) is 37.2 Å². The van der Waals surface area contributed by atoms with Crippen molar-refractivity contribution < 1.29 is 14.7 Å². The maximum atomic E-state index is 11.9. The molecule has 2 aliphatic rings. The third-order valence-electron chi connectivity index (χ3n) is 4.77. The number of aliphatic hydroxyl groups is 1. The molecule has 5 nitrogen and oxygen atoms in total. The minimum absolute atomic E-state index is 0.176. The first-order chi connectivity index (χ1) is 10.7. The van der Waals surface area contributed by atoms with E-state index in [1.807, 2.05) is 12.1 Å². The number of nitrogens with zero attached hydrogens (tertiary/aromatic N) is 1. The minimum atomic E-state index is -0.216. The molecule has 0 aliphatic carbocycles. The number of piperidine rings is 2. The molecular formula is C17H22N2O3. The van der Waals surface area contributed by atoms with Gasteiger partial charge in [0.15, 0.2) is 0 Å². The van der Waals surface area contributed by atoms with E-state index in [-0.39, 0.29) is 24.3 Å². The standard InChI is InChI=1S/C17H22N2O3/c20-11-12-7-9-19(10-8-12)14-3-1-13(2-4-14)15-5-6-16(21)18-17(15)22/h1-4,12,15,20H,5-11H2,(H,18,21,22). The largest absolute Gasteiger partial charge is 0.396 e. The minimum Gasteiger partial charge on any atom is -0.396 e. The number of hydrogen-bond acceptors (Lipinski definition) is 4. The Hall–Kier alpha value is -1.88. The van der Waals surface area contributed by atoms with Crippen molar-refractivity contribution in [3.05, 3.63) is 29.8 Å². The van der Waals surface area contributed by atoms with Crippen LogP contribution in [-0.2, 0) is 9.59 Å². The van der Waals surface area contributed by atoms with Gasteiger partial charge in [-0.05, 0) is 42.9 Å². The lowest BCUT2D eigenvalue weighted by molar-refractivity contribution is -0.134. The molecule has 2 amide bonds. The number of anilines is 1. The van der Waals surface area contributed by atoms with E-state index >= 15 is 0 Å². The molecular weight excluding hydrogens is 280 g/mol. The summed E-state index contributed by atoms with van der Waals surface area (Å²) in [5.41, 5.74) is 2.13. The Morgan fingerprint density at radius 1 is 1.09 bits per heavy atom. The summed E-state index contributed by atoms with van der Waals surface area (Å²) in [5.74, 6) is -0.150. The van der Waals surface area contributed by atoms with Gasteiger partial charge in [0, 0.05) is 31.8 Å². The van der Waals surface area contributed by atoms with Crippen molar-refractivity contribution >= 4 is 17.5 Å². The maximum Gasteiger partial charge on any atom is 0.234 e. The Bertz CT molecular complexity index is 548. The van der Waals surface area contributed by atoms with Gasteiger partial charge in [0.1, 0.15) is 0 Å². The number of rotatable bonds is 3. The molecule has 0 bridgehead atoms. The van der Waals surface area contributed by atoms with Gasteiger partial charge in [-0.15, -0.1) is 0 Å². The summed E-state index contributed by atoms with van der Waals surface area (Å²) in [5, 5.41) is 11.6. The zero-order chi connectivity index (χ0) is 15.5. The van der Waals surface area contributed by atoms with Crippen LogP contribution < -0.4 is 10.2 Å². The molecule has 1 unspecified atom stereocenters. The Balaban J connectivity index is 1.65. The van der Waals surface area contributed by atoms with Gasteiger partial charge < -0.3 is 10.0 Å². The van der Waals surface area contributed by atoms with E-state index in [4.69, 9.17) is 0 Å². The second-order valence-corrected chi connectivity index (χ2v) is 6.21. The molecule has 118 valence electrons. The van der Waals surface area contributed by atoms with Crippen molar-refractivity contribution in [2.75, 3.05) is 24.6 Å². The molecule has 3 rings (SSSR count). The molecule has 0 spiro atoms. The lowest BCUT2D eigenvalue weighted by atomic mass is 9.90. The van der Waals surface area contributed by atoms with Crippen LogP contribution in [0.1, 0.15) is 37.2 Å². The van der Waals surface area contributed by atoms with Crippen LogP contribution in [0.25, 0.3) is 0 Å². The van der Waals surface area contributed by atoms with Crippen LogP contribution in [-0.4, -0.2) is 36.6 Å². The van der Waals surface area contributed by atoms with Crippen LogP contribution in [0.2, 0.25) is 0 Å². The average molecular weight is 302 g/mol. The van der Waals surface area contributed by atoms with Gasteiger partial charge in [0.25, 0.3) is 0 Å². The van der Waals surface area contributed by atoms with Crippen LogP contribution in [0.15, 0.2) is 24.3 Å². The molecule has 2 heterocycles. The Labute approximate surface area is 130 Å². The molecule has 1 aromatic rings. The average Bonchev–Trinajstić information content (AvgIpc) is 2.55. The Morgan fingerprint density at radius 2 is 1.77 bits per heavy atom. The Morgan fingerprint density at radius 3 is 2.36 bits per heavy atom. The van der Waals surface area contributed by atoms with E-state index < -0.39 is 0 Å². The van der Waals surface area contributed by atoms with E-state index in [9.17, 15) is 14.7 Å². The summed E-state index contributed by atoms with van der Waals surface area (Å²) in [7, 11) is 0. The zero-order valence-electron chi connectivity index (χ0n) is 12.6. The second-order valence-electron chi connectivity index (χ2n) is 6.21. The van der Waals surface area contributed by atoms with Crippen LogP contribution in [0.4, 0.5) is 5.69 Å². The summed E-state index contributed by atoms with van der Waals surface area (Å²) in [6.45, 7) is 2.20. The maximum absolute atomic E-state index is 11.9. The first-order valence-corrected chi connectivity index (χ1v) is 7.97. The van der Waals surface area contributed by atoms with Gasteiger partial charge in [-0.2, -0.15) is 0 Å². The molecule has 0 aromatic heterocycles. The summed E-state index contributed by atoms with van der Waals surface area (Å²) < 4.78 is 0. The number of carbonyl (C=O) groups excluding carboxylic acids is 2. The monoisotopic (exact) mass is 302 g/mol. The topological polar surface area (TPSA) is 69.6 Å². The van der Waals surface area contributed by atoms with Crippen molar-refractivity contribution in [2.45, 2.75) is 31.6 Å². The summed E-state index contributed by atoms with van der Waals surface area (Å²) >= 11 is 0. The second kappa shape index (κ2) is 6.48. The first kappa shape index (κ1) is 15.0. The third-order valence-corrected chi connectivity index (χ3v) is 4.77. The zero-order valence-corrected chi connectivity index (χ0v) is 12.6. The van der Waals surface area contributed by atoms with Crippen molar-refractivity contribution in [1.82, 2.24) is 5.32 Å². The molecule has 0 saturated carbocycles. The fourth-order valence-corrected chi connectivity index (χ4v) is 3.30. The quantitative estimate of drug-likeness (QED) is 0.829. The smallest absolute Gasteiger partial charge is 0.234 e. The molecule has 0 radical (unpaired) electrons. The van der Waals surface area contributed by atoms with Crippen molar-refractivity contribution in [3.63, 3.8) is 0 Å². The molecule has 2 fully saturated rings. The van der Waals surface area contributed by atoms with Gasteiger partial charge in [0.05, 0.1) is 5.92 Å². The highest BCUT2D eigenvalue weighted by Gasteiger charge is 2.28. The number of nitrogens with one attached hydrogen (secondary N) is 1. The number of imide groups is 1. The van der Waals surface area contributed by atoms with Crippen molar-refractivity contribution in [2.24, 2.45) is 5.92 Å². The number of aliphatic hydroxyl groups excluding tert-OH is 1. The van der Waals surface area contributed by atoms with Crippen LogP contribution in [0, 0.1) is 5.92 Å². The number of benzene rings is 1. The highest BCUT2D eigenvalue weighted by atomic mass is 16.3. The first-order valence-electron chi connectivity index (χ1n) is 7.97. The predicted octanol–water partition coefficient (Wildman–Crippen LogP) is 1.42. The normalized spacial score (nSPS) is 23.5. The van der Waals surface area contributed by atoms with E-state index in [1.54, 1.807) is 0 Å². The summed E-state index contributed by atoms with van der Waals surface area (Å²) in [6.07, 6.45) is 3.04. The molecule has 2 aliphatic heterocycles. The molecule has 2 N–H and O–H groups in total. The van der Waals surface area contributed by atoms with Crippen LogP contribution >= 0.6 is 0 Å². The fourth-order valence-electron chi connectivity index (χ4n) is 3.30. The molecule has 5 heteroatoms. The summed E-state index contributed by atoms with van der Waals surface area (Å²) in [6, 6.07) is 8.09. The van der Waals surface area contributed by atoms with Crippen molar-refractivity contribution in [1.29, 1.82) is 0 Å².